The lowest BCUT2D eigenvalue weighted by Gasteiger charge is -2.30. The molecule has 0 aliphatic carbocycles. The third-order valence-electron chi connectivity index (χ3n) is 4.09. The van der Waals surface area contributed by atoms with Crippen LogP contribution in [0.1, 0.15) is 37.0 Å². The summed E-state index contributed by atoms with van der Waals surface area (Å²) in [7, 11) is -3.57. The highest BCUT2D eigenvalue weighted by molar-refractivity contribution is 7.89. The average Bonchev–Trinajstić information content (AvgIpc) is 2.54. The molecule has 0 radical (unpaired) electrons. The molecule has 2 rings (SSSR count). The quantitative estimate of drug-likeness (QED) is 0.830. The molecule has 2 N–H and O–H groups in total. The lowest BCUT2D eigenvalue weighted by molar-refractivity contribution is -0.138. The van der Waals surface area contributed by atoms with Gasteiger partial charge < -0.3 is 10.4 Å². The number of hydrogen-bond acceptors (Lipinski definition) is 4. The van der Waals surface area contributed by atoms with Gasteiger partial charge >= 0.3 is 5.97 Å². The van der Waals surface area contributed by atoms with Crippen molar-refractivity contribution in [3.05, 3.63) is 29.8 Å². The molecule has 1 saturated heterocycles. The van der Waals surface area contributed by atoms with Gasteiger partial charge in [0.2, 0.25) is 10.0 Å². The maximum Gasteiger partial charge on any atom is 0.325 e. The summed E-state index contributed by atoms with van der Waals surface area (Å²) in [6.45, 7) is 4.39. The summed E-state index contributed by atoms with van der Waals surface area (Å²) in [5.74, 6) is -1.36. The Kier molecular flexibility index (Phi) is 5.61. The predicted molar refractivity (Wildman–Crippen MR) is 88.2 cm³/mol. The van der Waals surface area contributed by atoms with Crippen LogP contribution in [0.4, 0.5) is 0 Å². The minimum atomic E-state index is -3.57. The van der Waals surface area contributed by atoms with Crippen LogP contribution < -0.4 is 5.32 Å². The van der Waals surface area contributed by atoms with Gasteiger partial charge in [-0.1, -0.05) is 6.92 Å². The van der Waals surface area contributed by atoms with Crippen molar-refractivity contribution in [2.45, 2.75) is 37.6 Å². The summed E-state index contributed by atoms with van der Waals surface area (Å²) in [6.07, 6.45) is 1.86. The van der Waals surface area contributed by atoms with E-state index in [9.17, 15) is 18.0 Å². The van der Waals surface area contributed by atoms with Crippen molar-refractivity contribution < 1.29 is 23.1 Å². The fourth-order valence-corrected chi connectivity index (χ4v) is 4.23. The van der Waals surface area contributed by atoms with Crippen molar-refractivity contribution in [3.8, 4) is 0 Å². The molecule has 1 aliphatic heterocycles. The van der Waals surface area contributed by atoms with Crippen molar-refractivity contribution in [1.82, 2.24) is 9.62 Å². The van der Waals surface area contributed by atoms with Crippen LogP contribution in [0.2, 0.25) is 0 Å². The van der Waals surface area contributed by atoms with E-state index >= 15 is 0 Å². The monoisotopic (exact) mass is 354 g/mol. The summed E-state index contributed by atoms with van der Waals surface area (Å²) in [6, 6.07) is 4.54. The molecule has 1 aliphatic rings. The Balaban J connectivity index is 2.13. The van der Waals surface area contributed by atoms with Crippen molar-refractivity contribution in [2.24, 2.45) is 5.92 Å². The zero-order valence-corrected chi connectivity index (χ0v) is 14.5. The Morgan fingerprint density at radius 2 is 1.92 bits per heavy atom. The normalized spacial score (nSPS) is 20.3. The minimum Gasteiger partial charge on any atom is -0.480 e. The highest BCUT2D eigenvalue weighted by Gasteiger charge is 2.28. The third kappa shape index (κ3) is 4.12. The summed E-state index contributed by atoms with van der Waals surface area (Å²) in [5, 5.41) is 11.1. The van der Waals surface area contributed by atoms with Crippen LogP contribution in [0.5, 0.6) is 0 Å². The van der Waals surface area contributed by atoms with Gasteiger partial charge in [0.05, 0.1) is 4.90 Å². The number of carboxylic acids is 1. The molecular weight excluding hydrogens is 332 g/mol. The Labute approximate surface area is 141 Å². The van der Waals surface area contributed by atoms with E-state index in [1.807, 2.05) is 6.92 Å². The van der Waals surface area contributed by atoms with Crippen LogP contribution in [0, 0.1) is 5.92 Å². The Hall–Kier alpha value is -1.93. The van der Waals surface area contributed by atoms with E-state index in [1.54, 1.807) is 0 Å². The number of nitrogens with zero attached hydrogens (tertiary/aromatic N) is 1. The molecule has 0 bridgehead atoms. The number of carbonyl (C=O) groups excluding carboxylic acids is 1. The SMILES string of the molecule is CC1CCCN(S(=O)(=O)c2ccc(C(=O)N[C@@H](C)C(=O)O)cc2)C1. The van der Waals surface area contributed by atoms with Crippen molar-refractivity contribution >= 4 is 21.9 Å². The number of carboxylic acid groups (broad SMARTS) is 1. The first-order valence-electron chi connectivity index (χ1n) is 7.85. The molecule has 0 saturated carbocycles. The fraction of sp³-hybridized carbons (Fsp3) is 0.500. The fourth-order valence-electron chi connectivity index (χ4n) is 2.63. The van der Waals surface area contributed by atoms with Crippen LogP contribution in [-0.2, 0) is 14.8 Å². The first-order valence-corrected chi connectivity index (χ1v) is 9.29. The summed E-state index contributed by atoms with van der Waals surface area (Å²) < 4.78 is 26.7. The zero-order chi connectivity index (χ0) is 17.9. The molecule has 1 heterocycles. The van der Waals surface area contributed by atoms with E-state index < -0.39 is 27.9 Å². The van der Waals surface area contributed by atoms with Gasteiger partial charge in [0.15, 0.2) is 0 Å². The van der Waals surface area contributed by atoms with E-state index in [0.29, 0.717) is 19.0 Å². The second-order valence-corrected chi connectivity index (χ2v) is 8.11. The van der Waals surface area contributed by atoms with Crippen LogP contribution in [0.15, 0.2) is 29.2 Å². The lowest BCUT2D eigenvalue weighted by Crippen LogP contribution is -2.39. The maximum absolute atomic E-state index is 12.6. The number of sulfonamides is 1. The molecule has 0 spiro atoms. The van der Waals surface area contributed by atoms with Gasteiger partial charge in [-0.3, -0.25) is 9.59 Å². The highest BCUT2D eigenvalue weighted by atomic mass is 32.2. The number of amides is 1. The number of hydrogen-bond donors (Lipinski definition) is 2. The topological polar surface area (TPSA) is 104 Å². The average molecular weight is 354 g/mol. The Bertz CT molecular complexity index is 714. The van der Waals surface area contributed by atoms with Gasteiger partial charge in [-0.25, -0.2) is 8.42 Å². The van der Waals surface area contributed by atoms with Crippen LogP contribution >= 0.6 is 0 Å². The van der Waals surface area contributed by atoms with E-state index in [2.05, 4.69) is 5.32 Å². The van der Waals surface area contributed by atoms with Crippen molar-refractivity contribution in [3.63, 3.8) is 0 Å². The van der Waals surface area contributed by atoms with Crippen molar-refractivity contribution in [2.75, 3.05) is 13.1 Å². The predicted octanol–water partition coefficient (Wildman–Crippen LogP) is 1.31. The highest BCUT2D eigenvalue weighted by Crippen LogP contribution is 2.23. The molecule has 1 unspecified atom stereocenters. The standard InChI is InChI=1S/C16H22N2O5S/c1-11-4-3-9-18(10-11)24(22,23)14-7-5-13(6-8-14)15(19)17-12(2)16(20)21/h5-8,11-12H,3-4,9-10H2,1-2H3,(H,17,19)(H,20,21)/t11?,12-/m0/s1. The second-order valence-electron chi connectivity index (χ2n) is 6.17. The number of benzene rings is 1. The first kappa shape index (κ1) is 18.4. The number of rotatable bonds is 5. The first-order chi connectivity index (χ1) is 11.2. The van der Waals surface area contributed by atoms with Gasteiger partial charge in [0.25, 0.3) is 5.91 Å². The largest absolute Gasteiger partial charge is 0.480 e. The van der Waals surface area contributed by atoms with Gasteiger partial charge in [0, 0.05) is 18.7 Å². The molecular formula is C16H22N2O5S. The molecule has 24 heavy (non-hydrogen) atoms. The number of nitrogens with one attached hydrogen (secondary N) is 1. The molecule has 1 aromatic carbocycles. The number of piperidine rings is 1. The van der Waals surface area contributed by atoms with Gasteiger partial charge in [0.1, 0.15) is 6.04 Å². The van der Waals surface area contributed by atoms with E-state index in [-0.39, 0.29) is 10.5 Å². The molecule has 132 valence electrons. The molecule has 1 fully saturated rings. The van der Waals surface area contributed by atoms with Gasteiger partial charge in [-0.05, 0) is 49.9 Å². The lowest BCUT2D eigenvalue weighted by atomic mass is 10.0. The van der Waals surface area contributed by atoms with Gasteiger partial charge in [-0.15, -0.1) is 0 Å². The van der Waals surface area contributed by atoms with Crippen LogP contribution in [0.25, 0.3) is 0 Å². The maximum atomic E-state index is 12.6. The van der Waals surface area contributed by atoms with E-state index in [1.165, 1.54) is 35.5 Å². The van der Waals surface area contributed by atoms with Gasteiger partial charge in [-0.2, -0.15) is 4.31 Å². The van der Waals surface area contributed by atoms with E-state index in [0.717, 1.165) is 12.8 Å². The Morgan fingerprint density at radius 3 is 2.46 bits per heavy atom. The molecule has 2 atom stereocenters. The molecule has 1 aromatic rings. The molecule has 1 amide bonds. The molecule has 0 aromatic heterocycles. The third-order valence-corrected chi connectivity index (χ3v) is 5.97. The minimum absolute atomic E-state index is 0.138. The molecule has 7 nitrogen and oxygen atoms in total. The van der Waals surface area contributed by atoms with E-state index in [4.69, 9.17) is 5.11 Å². The summed E-state index contributed by atoms with van der Waals surface area (Å²) in [5.41, 5.74) is 0.217. The van der Waals surface area contributed by atoms with Crippen LogP contribution in [0.3, 0.4) is 0 Å². The number of aliphatic carboxylic acids is 1. The van der Waals surface area contributed by atoms with Crippen LogP contribution in [-0.4, -0.2) is 48.8 Å². The second kappa shape index (κ2) is 7.31. The van der Waals surface area contributed by atoms with Crippen molar-refractivity contribution in [1.29, 1.82) is 0 Å². The molecule has 8 heteroatoms. The Morgan fingerprint density at radius 1 is 1.29 bits per heavy atom. The summed E-state index contributed by atoms with van der Waals surface area (Å²) >= 11 is 0. The zero-order valence-electron chi connectivity index (χ0n) is 13.7. The smallest absolute Gasteiger partial charge is 0.325 e. The summed E-state index contributed by atoms with van der Waals surface area (Å²) in [4.78, 5) is 22.8. The number of carbonyl (C=O) groups is 2.